The molecule has 0 unspecified atom stereocenters. The summed E-state index contributed by atoms with van der Waals surface area (Å²) in [7, 11) is 2.11. The number of hydrogen-bond donors (Lipinski definition) is 0. The fourth-order valence-electron chi connectivity index (χ4n) is 3.20. The Balaban J connectivity index is 1.54. The van der Waals surface area contributed by atoms with E-state index in [1.54, 1.807) is 6.20 Å². The topological polar surface area (TPSA) is 25.4 Å². The van der Waals surface area contributed by atoms with Gasteiger partial charge in [0.15, 0.2) is 0 Å². The molecule has 0 amide bonds. The molecule has 0 saturated carbocycles. The highest BCUT2D eigenvalue weighted by Crippen LogP contribution is 2.21. The number of allylic oxidation sites excluding steroid dienone is 1. The summed E-state index contributed by atoms with van der Waals surface area (Å²) in [6.07, 6.45) is 7.72. The fourth-order valence-corrected chi connectivity index (χ4v) is 3.20. The first-order valence-electron chi connectivity index (χ1n) is 11.0. The van der Waals surface area contributed by atoms with E-state index < -0.39 is 0 Å². The van der Waals surface area contributed by atoms with Gasteiger partial charge in [-0.2, -0.15) is 0 Å². The highest BCUT2D eigenvalue weighted by molar-refractivity contribution is 5.62. The Hall–Kier alpha value is -3.35. The molecule has 0 bridgehead atoms. The third-order valence-electron chi connectivity index (χ3n) is 4.74. The molecule has 3 heteroatoms. The van der Waals surface area contributed by atoms with E-state index in [4.69, 9.17) is 4.74 Å². The highest BCUT2D eigenvalue weighted by Gasteiger charge is 2.04. The van der Waals surface area contributed by atoms with Gasteiger partial charge >= 0.3 is 0 Å². The van der Waals surface area contributed by atoms with Gasteiger partial charge in [-0.15, -0.1) is 0 Å². The molecule has 0 N–H and O–H groups in total. The maximum Gasteiger partial charge on any atom is 0.120 e. The van der Waals surface area contributed by atoms with Gasteiger partial charge in [-0.05, 0) is 80.4 Å². The van der Waals surface area contributed by atoms with Crippen LogP contribution in [0.4, 0.5) is 0 Å². The average molecular weight is 425 g/mol. The van der Waals surface area contributed by atoms with Crippen LogP contribution in [0.2, 0.25) is 0 Å². The van der Waals surface area contributed by atoms with E-state index >= 15 is 0 Å². The molecule has 0 aliphatic carbocycles. The molecule has 0 spiro atoms. The van der Waals surface area contributed by atoms with Crippen LogP contribution in [0.3, 0.4) is 0 Å². The van der Waals surface area contributed by atoms with Crippen LogP contribution in [0.1, 0.15) is 31.9 Å². The maximum absolute atomic E-state index is 6.08. The number of aromatic nitrogens is 1. The number of benzene rings is 2. The molecule has 164 valence electrons. The minimum atomic E-state index is 0.0384. The van der Waals surface area contributed by atoms with Gasteiger partial charge < -0.3 is 4.74 Å². The molecule has 0 aliphatic rings. The van der Waals surface area contributed by atoms with E-state index in [1.165, 1.54) is 5.56 Å². The predicted molar refractivity (Wildman–Crippen MR) is 133 cm³/mol. The van der Waals surface area contributed by atoms with Crippen molar-refractivity contribution in [3.8, 4) is 28.7 Å². The number of rotatable bonds is 8. The maximum atomic E-state index is 6.08. The van der Waals surface area contributed by atoms with Crippen LogP contribution in [-0.2, 0) is 13.2 Å². The minimum Gasteiger partial charge on any atom is -0.489 e. The summed E-state index contributed by atoms with van der Waals surface area (Å²) >= 11 is 0. The van der Waals surface area contributed by atoms with Crippen molar-refractivity contribution in [1.82, 2.24) is 9.88 Å². The summed E-state index contributed by atoms with van der Waals surface area (Å²) in [5.74, 6) is 7.22. The van der Waals surface area contributed by atoms with Gasteiger partial charge in [-0.3, -0.25) is 9.88 Å². The zero-order chi connectivity index (χ0) is 22.8. The smallest absolute Gasteiger partial charge is 0.120 e. The lowest BCUT2D eigenvalue weighted by molar-refractivity contribution is 0.304. The molecule has 3 rings (SSSR count). The van der Waals surface area contributed by atoms with Gasteiger partial charge in [0.2, 0.25) is 0 Å². The Morgan fingerprint density at radius 3 is 2.53 bits per heavy atom. The highest BCUT2D eigenvalue weighted by atomic mass is 16.5. The zero-order valence-electron chi connectivity index (χ0n) is 19.5. The standard InChI is InChI=1S/C29H32N2O/c1-29(2,3)16-6-5-7-18-31(4)22-24-11-9-15-28(20-24)32-23-25-12-8-13-26(19-25)27-14-10-17-30-21-27/h5,7-15,17,19-21H,18,22-23H2,1-4H3. The van der Waals surface area contributed by atoms with Gasteiger partial charge in [-0.25, -0.2) is 0 Å². The van der Waals surface area contributed by atoms with Gasteiger partial charge in [-0.1, -0.05) is 54.3 Å². The monoisotopic (exact) mass is 424 g/mol. The van der Waals surface area contributed by atoms with E-state index in [1.807, 2.05) is 24.4 Å². The first-order valence-corrected chi connectivity index (χ1v) is 11.0. The van der Waals surface area contributed by atoms with E-state index in [2.05, 4.69) is 104 Å². The molecule has 32 heavy (non-hydrogen) atoms. The molecule has 0 radical (unpaired) electrons. The van der Waals surface area contributed by atoms with Crippen molar-refractivity contribution in [2.45, 2.75) is 33.9 Å². The van der Waals surface area contributed by atoms with Crippen LogP contribution in [0.5, 0.6) is 5.75 Å². The minimum absolute atomic E-state index is 0.0384. The first kappa shape index (κ1) is 23.3. The third-order valence-corrected chi connectivity index (χ3v) is 4.74. The van der Waals surface area contributed by atoms with Crippen molar-refractivity contribution >= 4 is 0 Å². The Labute approximate surface area is 192 Å². The van der Waals surface area contributed by atoms with E-state index in [-0.39, 0.29) is 5.41 Å². The van der Waals surface area contributed by atoms with Crippen LogP contribution in [0, 0.1) is 17.3 Å². The molecular formula is C29H32N2O. The largest absolute Gasteiger partial charge is 0.489 e. The molecule has 3 nitrogen and oxygen atoms in total. The van der Waals surface area contributed by atoms with Gasteiger partial charge in [0.05, 0.1) is 0 Å². The SMILES string of the molecule is CN(CC=CC#CC(C)(C)C)Cc1cccc(OCc2cccc(-c3cccnc3)c2)c1. The number of pyridine rings is 1. The molecule has 0 saturated heterocycles. The van der Waals surface area contributed by atoms with Crippen molar-refractivity contribution in [2.75, 3.05) is 13.6 Å². The fraction of sp³-hybridized carbons (Fsp3) is 0.276. The zero-order valence-corrected chi connectivity index (χ0v) is 19.5. The quantitative estimate of drug-likeness (QED) is 0.393. The lowest BCUT2D eigenvalue weighted by Gasteiger charge is -2.15. The summed E-state index contributed by atoms with van der Waals surface area (Å²) in [5, 5.41) is 0. The van der Waals surface area contributed by atoms with Crippen LogP contribution in [0.25, 0.3) is 11.1 Å². The van der Waals surface area contributed by atoms with Crippen LogP contribution < -0.4 is 4.74 Å². The molecule has 0 fully saturated rings. The van der Waals surface area contributed by atoms with E-state index in [9.17, 15) is 0 Å². The second kappa shape index (κ2) is 11.3. The predicted octanol–water partition coefficient (Wildman–Crippen LogP) is 6.37. The second-order valence-corrected chi connectivity index (χ2v) is 9.00. The molecule has 1 heterocycles. The molecule has 3 aromatic rings. The number of ether oxygens (including phenoxy) is 1. The van der Waals surface area contributed by atoms with Crippen molar-refractivity contribution in [3.05, 3.63) is 96.3 Å². The Morgan fingerprint density at radius 2 is 1.75 bits per heavy atom. The third kappa shape index (κ3) is 8.06. The molecule has 0 atom stereocenters. The van der Waals surface area contributed by atoms with Gasteiger partial charge in [0, 0.05) is 30.9 Å². The number of hydrogen-bond acceptors (Lipinski definition) is 3. The van der Waals surface area contributed by atoms with Gasteiger partial charge in [0.25, 0.3) is 0 Å². The molecule has 1 aromatic heterocycles. The van der Waals surface area contributed by atoms with E-state index in [0.717, 1.165) is 35.5 Å². The lowest BCUT2D eigenvalue weighted by Crippen LogP contribution is -2.17. The van der Waals surface area contributed by atoms with Gasteiger partial charge in [0.1, 0.15) is 12.4 Å². The van der Waals surface area contributed by atoms with Crippen molar-refractivity contribution in [1.29, 1.82) is 0 Å². The summed E-state index contributed by atoms with van der Waals surface area (Å²) in [6, 6.07) is 20.7. The first-order chi connectivity index (χ1) is 15.4. The number of likely N-dealkylation sites (N-methyl/N-ethyl adjacent to an activating group) is 1. The summed E-state index contributed by atoms with van der Waals surface area (Å²) in [6.45, 7) is 8.59. The number of nitrogens with zero attached hydrogens (tertiary/aromatic N) is 2. The van der Waals surface area contributed by atoms with Crippen LogP contribution in [-0.4, -0.2) is 23.5 Å². The average Bonchev–Trinajstić information content (AvgIpc) is 2.78. The Kier molecular flexibility index (Phi) is 8.25. The second-order valence-electron chi connectivity index (χ2n) is 9.00. The van der Waals surface area contributed by atoms with Crippen molar-refractivity contribution in [3.63, 3.8) is 0 Å². The lowest BCUT2D eigenvalue weighted by atomic mass is 9.98. The van der Waals surface area contributed by atoms with Crippen LogP contribution >= 0.6 is 0 Å². The summed E-state index contributed by atoms with van der Waals surface area (Å²) < 4.78 is 6.08. The Morgan fingerprint density at radius 1 is 0.969 bits per heavy atom. The van der Waals surface area contributed by atoms with E-state index in [0.29, 0.717) is 6.61 Å². The van der Waals surface area contributed by atoms with Crippen molar-refractivity contribution < 1.29 is 4.74 Å². The summed E-state index contributed by atoms with van der Waals surface area (Å²) in [4.78, 5) is 6.46. The Bertz CT molecular complexity index is 1090. The molecular weight excluding hydrogens is 392 g/mol. The summed E-state index contributed by atoms with van der Waals surface area (Å²) in [5.41, 5.74) is 4.66. The van der Waals surface area contributed by atoms with Crippen molar-refractivity contribution in [2.24, 2.45) is 5.41 Å². The normalized spacial score (nSPS) is 11.4. The molecule has 2 aromatic carbocycles. The van der Waals surface area contributed by atoms with Crippen LogP contribution in [0.15, 0.2) is 85.2 Å². The molecule has 0 aliphatic heterocycles.